The zero-order valence-corrected chi connectivity index (χ0v) is 22.0. The van der Waals surface area contributed by atoms with E-state index in [2.05, 4.69) is 79.9 Å². The van der Waals surface area contributed by atoms with Gasteiger partial charge in [0.1, 0.15) is 0 Å². The molecule has 4 aromatic carbocycles. The molecule has 4 nitrogen and oxygen atoms in total. The molecule has 0 bridgehead atoms. The lowest BCUT2D eigenvalue weighted by molar-refractivity contribution is -0.118. The van der Waals surface area contributed by atoms with E-state index in [1.807, 2.05) is 62.4 Å². The van der Waals surface area contributed by atoms with Crippen molar-refractivity contribution < 1.29 is 4.79 Å². The summed E-state index contributed by atoms with van der Waals surface area (Å²) >= 11 is 5.06. The maximum Gasteiger partial charge on any atom is 0.250 e. The number of carbonyl (C=O) groups excluding carboxylic acids is 1. The summed E-state index contributed by atoms with van der Waals surface area (Å²) in [5.41, 5.74) is 9.03. The van der Waals surface area contributed by atoms with Crippen molar-refractivity contribution in [3.63, 3.8) is 0 Å². The fourth-order valence-corrected chi connectivity index (χ4v) is 4.93. The Bertz CT molecular complexity index is 1270. The lowest BCUT2D eigenvalue weighted by Gasteiger charge is -2.25. The van der Waals surface area contributed by atoms with Gasteiger partial charge in [-0.05, 0) is 79.1 Å². The van der Waals surface area contributed by atoms with E-state index >= 15 is 0 Å². The minimum atomic E-state index is -0.137. The number of benzene rings is 4. The monoisotopic (exact) mass is 543 g/mol. The number of aryl methyl sites for hydroxylation is 2. The predicted molar refractivity (Wildman–Crippen MR) is 151 cm³/mol. The van der Waals surface area contributed by atoms with Crippen molar-refractivity contribution in [1.29, 1.82) is 0 Å². The number of hydrazone groups is 1. The minimum Gasteiger partial charge on any atom is -0.311 e. The summed E-state index contributed by atoms with van der Waals surface area (Å²) in [5, 5.41) is 4.14. The zero-order chi connectivity index (χ0) is 24.6. The van der Waals surface area contributed by atoms with E-state index in [4.69, 9.17) is 0 Å². The molecule has 0 atom stereocenters. The van der Waals surface area contributed by atoms with Crippen molar-refractivity contribution in [2.75, 3.05) is 10.7 Å². The second-order valence-corrected chi connectivity index (χ2v) is 9.92. The normalized spacial score (nSPS) is 10.9. The Hall–Kier alpha value is -3.35. The number of anilines is 3. The Balaban J connectivity index is 1.39. The number of hydrogen-bond donors (Lipinski definition) is 1. The van der Waals surface area contributed by atoms with E-state index in [1.54, 1.807) is 6.21 Å². The molecule has 4 rings (SSSR count). The van der Waals surface area contributed by atoms with E-state index in [0.29, 0.717) is 5.75 Å². The quantitative estimate of drug-likeness (QED) is 0.140. The Morgan fingerprint density at radius 2 is 1.43 bits per heavy atom. The number of amides is 1. The van der Waals surface area contributed by atoms with Crippen LogP contribution in [0.15, 0.2) is 112 Å². The Kier molecular flexibility index (Phi) is 8.40. The van der Waals surface area contributed by atoms with Gasteiger partial charge in [-0.3, -0.25) is 4.79 Å². The smallest absolute Gasteiger partial charge is 0.250 e. The van der Waals surface area contributed by atoms with Crippen molar-refractivity contribution >= 4 is 56.9 Å². The lowest BCUT2D eigenvalue weighted by Crippen LogP contribution is -2.19. The molecule has 176 valence electrons. The van der Waals surface area contributed by atoms with Crippen molar-refractivity contribution in [2.24, 2.45) is 5.10 Å². The van der Waals surface area contributed by atoms with Crippen LogP contribution in [0.1, 0.15) is 16.7 Å². The van der Waals surface area contributed by atoms with Gasteiger partial charge in [-0.1, -0.05) is 64.5 Å². The third kappa shape index (κ3) is 6.62. The van der Waals surface area contributed by atoms with Gasteiger partial charge in [0, 0.05) is 26.4 Å². The molecule has 0 aliphatic rings. The number of para-hydroxylation sites is 2. The highest BCUT2D eigenvalue weighted by molar-refractivity contribution is 9.10. The topological polar surface area (TPSA) is 44.7 Å². The van der Waals surface area contributed by atoms with Crippen LogP contribution in [-0.4, -0.2) is 17.9 Å². The molecule has 0 aliphatic carbocycles. The molecule has 4 aromatic rings. The molecule has 1 amide bonds. The van der Waals surface area contributed by atoms with Gasteiger partial charge in [0.15, 0.2) is 0 Å². The average molecular weight is 545 g/mol. The van der Waals surface area contributed by atoms with Crippen LogP contribution in [0.4, 0.5) is 17.1 Å². The third-order valence-corrected chi connectivity index (χ3v) is 7.41. The molecule has 0 radical (unpaired) electrons. The van der Waals surface area contributed by atoms with Gasteiger partial charge in [0.2, 0.25) is 5.91 Å². The van der Waals surface area contributed by atoms with Crippen LogP contribution in [0.2, 0.25) is 0 Å². The molecule has 1 N–H and O–H groups in total. The molecule has 0 fully saturated rings. The van der Waals surface area contributed by atoms with Crippen molar-refractivity contribution in [2.45, 2.75) is 18.7 Å². The molecule has 0 aliphatic heterocycles. The first-order chi connectivity index (χ1) is 17.0. The van der Waals surface area contributed by atoms with Crippen LogP contribution in [0.25, 0.3) is 0 Å². The lowest BCUT2D eigenvalue weighted by atomic mass is 10.1. The number of carbonyl (C=O) groups is 1. The van der Waals surface area contributed by atoms with Crippen molar-refractivity contribution in [3.8, 4) is 0 Å². The number of thioether (sulfide) groups is 1. The highest BCUT2D eigenvalue weighted by Crippen LogP contribution is 2.34. The summed E-state index contributed by atoms with van der Waals surface area (Å²) < 4.78 is 1.08. The molecule has 0 saturated heterocycles. The van der Waals surface area contributed by atoms with E-state index in [1.165, 1.54) is 11.8 Å². The van der Waals surface area contributed by atoms with Gasteiger partial charge in [0.05, 0.1) is 12.0 Å². The second kappa shape index (κ2) is 11.9. The molecule has 0 unspecified atom stereocenters. The summed E-state index contributed by atoms with van der Waals surface area (Å²) in [6, 6.07) is 32.8. The molecule has 0 aromatic heterocycles. The van der Waals surface area contributed by atoms with E-state index in [0.717, 1.165) is 43.1 Å². The first-order valence-corrected chi connectivity index (χ1v) is 13.0. The summed E-state index contributed by atoms with van der Waals surface area (Å²) in [6.07, 6.45) is 1.66. The fraction of sp³-hybridized carbons (Fsp3) is 0.103. The van der Waals surface area contributed by atoms with Gasteiger partial charge >= 0.3 is 0 Å². The fourth-order valence-electron chi connectivity index (χ4n) is 3.58. The van der Waals surface area contributed by atoms with Gasteiger partial charge in [-0.15, -0.1) is 11.8 Å². The highest BCUT2D eigenvalue weighted by atomic mass is 79.9. The van der Waals surface area contributed by atoms with Crippen molar-refractivity contribution in [3.05, 3.63) is 118 Å². The average Bonchev–Trinajstić information content (AvgIpc) is 2.88. The molecule has 6 heteroatoms. The Morgan fingerprint density at radius 1 is 0.857 bits per heavy atom. The minimum absolute atomic E-state index is 0.137. The number of nitrogens with one attached hydrogen (secondary N) is 1. The zero-order valence-electron chi connectivity index (χ0n) is 19.6. The third-order valence-electron chi connectivity index (χ3n) is 5.40. The molecular weight excluding hydrogens is 518 g/mol. The van der Waals surface area contributed by atoms with Crippen LogP contribution < -0.4 is 10.3 Å². The number of halogens is 1. The molecular formula is C29H26BrN3OS. The van der Waals surface area contributed by atoms with Gasteiger partial charge in [-0.2, -0.15) is 5.10 Å². The summed E-state index contributed by atoms with van der Waals surface area (Å²) in [6.45, 7) is 4.09. The Morgan fingerprint density at radius 3 is 2.03 bits per heavy atom. The number of nitrogens with zero attached hydrogens (tertiary/aromatic N) is 2. The molecule has 35 heavy (non-hydrogen) atoms. The summed E-state index contributed by atoms with van der Waals surface area (Å²) in [4.78, 5) is 15.6. The molecule has 0 heterocycles. The standard InChI is InChI=1S/C29H26BrN3OS/c1-21-18-28(22(2)17-27(21)30)35-20-29(34)32-31-19-23-13-15-26(16-14-23)33(24-9-5-3-6-10-24)25-11-7-4-8-12-25/h3-19H,20H2,1-2H3,(H,32,34)/b31-19+. The summed E-state index contributed by atoms with van der Waals surface area (Å²) in [5.74, 6) is 0.170. The molecule has 0 spiro atoms. The number of hydrogen-bond acceptors (Lipinski definition) is 4. The van der Waals surface area contributed by atoms with Crippen LogP contribution in [0.5, 0.6) is 0 Å². The van der Waals surface area contributed by atoms with Gasteiger partial charge in [0.25, 0.3) is 0 Å². The largest absolute Gasteiger partial charge is 0.311 e. The first kappa shape index (κ1) is 24.8. The van der Waals surface area contributed by atoms with Crippen LogP contribution >= 0.6 is 27.7 Å². The highest BCUT2D eigenvalue weighted by Gasteiger charge is 2.11. The van der Waals surface area contributed by atoms with Crippen LogP contribution in [0.3, 0.4) is 0 Å². The van der Waals surface area contributed by atoms with Crippen LogP contribution in [0, 0.1) is 13.8 Å². The second-order valence-electron chi connectivity index (χ2n) is 8.05. The number of rotatable bonds is 8. The van der Waals surface area contributed by atoms with Crippen LogP contribution in [-0.2, 0) is 4.79 Å². The molecule has 0 saturated carbocycles. The van der Waals surface area contributed by atoms with Gasteiger partial charge < -0.3 is 4.90 Å². The maximum absolute atomic E-state index is 12.3. The Labute approximate surface area is 219 Å². The maximum atomic E-state index is 12.3. The SMILES string of the molecule is Cc1cc(SCC(=O)N/N=C/c2ccc(N(c3ccccc3)c3ccccc3)cc2)c(C)cc1Br. The van der Waals surface area contributed by atoms with E-state index in [9.17, 15) is 4.79 Å². The van der Waals surface area contributed by atoms with Gasteiger partial charge in [-0.25, -0.2) is 5.43 Å². The summed E-state index contributed by atoms with van der Waals surface area (Å²) in [7, 11) is 0. The first-order valence-electron chi connectivity index (χ1n) is 11.2. The predicted octanol–water partition coefficient (Wildman–Crippen LogP) is 7.78. The van der Waals surface area contributed by atoms with E-state index in [-0.39, 0.29) is 5.91 Å². The van der Waals surface area contributed by atoms with Crippen molar-refractivity contribution in [1.82, 2.24) is 5.43 Å². The van der Waals surface area contributed by atoms with E-state index < -0.39 is 0 Å².